The summed E-state index contributed by atoms with van der Waals surface area (Å²) in [5.41, 5.74) is -0.687. The quantitative estimate of drug-likeness (QED) is 0.391. The van der Waals surface area contributed by atoms with Crippen molar-refractivity contribution in [3.63, 3.8) is 0 Å². The van der Waals surface area contributed by atoms with Gasteiger partial charge in [0.1, 0.15) is 12.4 Å². The van der Waals surface area contributed by atoms with Crippen molar-refractivity contribution < 1.29 is 32.5 Å². The zero-order valence-electron chi connectivity index (χ0n) is 20.0. The van der Waals surface area contributed by atoms with Crippen LogP contribution in [0.15, 0.2) is 83.9 Å². The van der Waals surface area contributed by atoms with Gasteiger partial charge in [0.25, 0.3) is 5.91 Å². The molecule has 1 atom stereocenters. The predicted molar refractivity (Wildman–Crippen MR) is 132 cm³/mol. The molecule has 0 bridgehead atoms. The van der Waals surface area contributed by atoms with Gasteiger partial charge in [0.05, 0.1) is 12.2 Å². The van der Waals surface area contributed by atoms with Crippen molar-refractivity contribution in [2.24, 2.45) is 4.99 Å². The Labute approximate surface area is 212 Å². The first kappa shape index (κ1) is 26.2. The van der Waals surface area contributed by atoms with Gasteiger partial charge in [-0.05, 0) is 41.5 Å². The van der Waals surface area contributed by atoms with Crippen LogP contribution in [0.5, 0.6) is 5.75 Å². The minimum atomic E-state index is -4.53. The fourth-order valence-electron chi connectivity index (χ4n) is 4.05. The summed E-state index contributed by atoms with van der Waals surface area (Å²) in [4.78, 5) is 18.1. The van der Waals surface area contributed by atoms with Gasteiger partial charge in [-0.2, -0.15) is 13.2 Å². The van der Waals surface area contributed by atoms with Crippen LogP contribution in [0.4, 0.5) is 13.2 Å². The van der Waals surface area contributed by atoms with E-state index >= 15 is 0 Å². The number of aliphatic imine (C=N–C) groups is 1. The number of hydrogen-bond donors (Lipinski definition) is 2. The van der Waals surface area contributed by atoms with Gasteiger partial charge in [0.15, 0.2) is 5.54 Å². The Morgan fingerprint density at radius 2 is 1.73 bits per heavy atom. The highest BCUT2D eigenvalue weighted by molar-refractivity contribution is 6.00. The molecule has 37 heavy (non-hydrogen) atoms. The Morgan fingerprint density at radius 1 is 1.03 bits per heavy atom. The summed E-state index contributed by atoms with van der Waals surface area (Å²) >= 11 is 0. The maximum Gasteiger partial charge on any atom is 0.416 e. The van der Waals surface area contributed by atoms with Crippen LogP contribution >= 0.6 is 0 Å². The summed E-state index contributed by atoms with van der Waals surface area (Å²) in [5, 5.41) is 11.5. The van der Waals surface area contributed by atoms with Gasteiger partial charge in [0.2, 0.25) is 5.90 Å². The van der Waals surface area contributed by atoms with E-state index < -0.39 is 23.2 Å². The van der Waals surface area contributed by atoms with E-state index in [0.29, 0.717) is 24.3 Å². The van der Waals surface area contributed by atoms with Crippen LogP contribution in [0, 0.1) is 0 Å². The van der Waals surface area contributed by atoms with E-state index in [9.17, 15) is 18.0 Å². The molecule has 194 valence electrons. The SMILES string of the molecule is O=C(NCc1ccccc1C(F)(F)F)[C@@]1(Cc2ccccc2)COC(c2ccc(OCCCO)cc2)=N1. The maximum absolute atomic E-state index is 13.5. The largest absolute Gasteiger partial charge is 0.494 e. The van der Waals surface area contributed by atoms with E-state index in [0.717, 1.165) is 11.6 Å². The van der Waals surface area contributed by atoms with Crippen molar-refractivity contribution in [2.75, 3.05) is 19.8 Å². The standard InChI is InChI=1S/C28H27F3N2O4/c29-28(30,31)24-10-5-4-9-22(24)18-32-26(35)27(17-20-7-2-1-3-8-20)19-37-25(33-27)21-11-13-23(14-12-21)36-16-6-15-34/h1-5,7-14,34H,6,15-19H2,(H,32,35)/t27-/m1/s1. The first-order valence-corrected chi connectivity index (χ1v) is 11.8. The number of benzene rings is 3. The number of nitrogens with zero attached hydrogens (tertiary/aromatic N) is 1. The van der Waals surface area contributed by atoms with Crippen LogP contribution in [0.3, 0.4) is 0 Å². The monoisotopic (exact) mass is 512 g/mol. The summed E-state index contributed by atoms with van der Waals surface area (Å²) in [7, 11) is 0. The van der Waals surface area contributed by atoms with Gasteiger partial charge in [-0.25, -0.2) is 4.99 Å². The number of ether oxygens (including phenoxy) is 2. The lowest BCUT2D eigenvalue weighted by Crippen LogP contribution is -2.48. The zero-order valence-corrected chi connectivity index (χ0v) is 20.0. The molecule has 3 aromatic rings. The molecular formula is C28H27F3N2O4. The molecule has 2 N–H and O–H groups in total. The van der Waals surface area contributed by atoms with Gasteiger partial charge in [-0.3, -0.25) is 4.79 Å². The number of carbonyl (C=O) groups excluding carboxylic acids is 1. The third-order valence-corrected chi connectivity index (χ3v) is 5.96. The molecular weight excluding hydrogens is 485 g/mol. The second kappa shape index (κ2) is 11.5. The van der Waals surface area contributed by atoms with Gasteiger partial charge >= 0.3 is 6.18 Å². The molecule has 0 radical (unpaired) electrons. The lowest BCUT2D eigenvalue weighted by atomic mass is 9.91. The van der Waals surface area contributed by atoms with Gasteiger partial charge in [-0.1, -0.05) is 48.5 Å². The lowest BCUT2D eigenvalue weighted by molar-refractivity contribution is -0.138. The molecule has 0 fully saturated rings. The van der Waals surface area contributed by atoms with Crippen molar-refractivity contribution >= 4 is 11.8 Å². The molecule has 9 heteroatoms. The predicted octanol–water partition coefficient (Wildman–Crippen LogP) is 4.54. The molecule has 0 unspecified atom stereocenters. The van der Waals surface area contributed by atoms with E-state index in [1.54, 1.807) is 24.3 Å². The Bertz CT molecular complexity index is 1230. The van der Waals surface area contributed by atoms with E-state index in [-0.39, 0.29) is 37.6 Å². The fraction of sp³-hybridized carbons (Fsp3) is 0.286. The molecule has 6 nitrogen and oxygen atoms in total. The van der Waals surface area contributed by atoms with Crippen molar-refractivity contribution in [3.8, 4) is 5.75 Å². The van der Waals surface area contributed by atoms with Crippen LogP contribution in [0.2, 0.25) is 0 Å². The molecule has 0 saturated heterocycles. The van der Waals surface area contributed by atoms with E-state index in [2.05, 4.69) is 10.3 Å². The molecule has 1 amide bonds. The molecule has 3 aromatic carbocycles. The topological polar surface area (TPSA) is 80.2 Å². The number of carbonyl (C=O) groups is 1. The summed E-state index contributed by atoms with van der Waals surface area (Å²) < 4.78 is 51.6. The number of hydrogen-bond acceptors (Lipinski definition) is 5. The highest BCUT2D eigenvalue weighted by atomic mass is 19.4. The van der Waals surface area contributed by atoms with Crippen LogP contribution in [-0.2, 0) is 28.7 Å². The summed E-state index contributed by atoms with van der Waals surface area (Å²) in [5.74, 6) is 0.364. The van der Waals surface area contributed by atoms with Crippen LogP contribution in [-0.4, -0.2) is 42.3 Å². The minimum absolute atomic E-state index is 0.0295. The molecule has 1 aliphatic heterocycles. The van der Waals surface area contributed by atoms with Crippen molar-refractivity contribution in [1.29, 1.82) is 0 Å². The van der Waals surface area contributed by atoms with E-state index in [1.807, 2.05) is 30.3 Å². The van der Waals surface area contributed by atoms with Crippen LogP contribution in [0.25, 0.3) is 0 Å². The van der Waals surface area contributed by atoms with Gasteiger partial charge in [-0.15, -0.1) is 0 Å². The first-order chi connectivity index (χ1) is 17.8. The van der Waals surface area contributed by atoms with Crippen molar-refractivity contribution in [1.82, 2.24) is 5.32 Å². The second-order valence-electron chi connectivity index (χ2n) is 8.69. The highest BCUT2D eigenvalue weighted by Gasteiger charge is 2.44. The highest BCUT2D eigenvalue weighted by Crippen LogP contribution is 2.32. The smallest absolute Gasteiger partial charge is 0.416 e. The summed E-state index contributed by atoms with van der Waals surface area (Å²) in [6, 6.07) is 21.4. The number of aliphatic hydroxyl groups is 1. The third-order valence-electron chi connectivity index (χ3n) is 5.96. The lowest BCUT2D eigenvalue weighted by Gasteiger charge is -2.24. The summed E-state index contributed by atoms with van der Waals surface area (Å²) in [6.07, 6.45) is -3.80. The molecule has 4 rings (SSSR count). The molecule has 0 aromatic heterocycles. The third kappa shape index (κ3) is 6.48. The Kier molecular flexibility index (Phi) is 8.13. The Hall–Kier alpha value is -3.85. The van der Waals surface area contributed by atoms with Crippen LogP contribution < -0.4 is 10.1 Å². The van der Waals surface area contributed by atoms with Crippen molar-refractivity contribution in [2.45, 2.75) is 31.1 Å². The number of nitrogens with one attached hydrogen (secondary N) is 1. The maximum atomic E-state index is 13.5. The molecule has 1 aliphatic rings. The number of alkyl halides is 3. The molecule has 0 aliphatic carbocycles. The fourth-order valence-corrected chi connectivity index (χ4v) is 4.05. The van der Waals surface area contributed by atoms with Crippen LogP contribution in [0.1, 0.15) is 28.7 Å². The van der Waals surface area contributed by atoms with E-state index in [4.69, 9.17) is 14.6 Å². The van der Waals surface area contributed by atoms with Gasteiger partial charge in [0, 0.05) is 31.6 Å². The average Bonchev–Trinajstić information content (AvgIpc) is 3.33. The number of aliphatic hydroxyl groups excluding tert-OH is 1. The minimum Gasteiger partial charge on any atom is -0.494 e. The number of amides is 1. The Balaban J connectivity index is 1.57. The Morgan fingerprint density at radius 3 is 2.43 bits per heavy atom. The number of halogens is 3. The van der Waals surface area contributed by atoms with Crippen molar-refractivity contribution in [3.05, 3.63) is 101 Å². The molecule has 1 heterocycles. The number of rotatable bonds is 10. The molecule has 0 spiro atoms. The summed E-state index contributed by atoms with van der Waals surface area (Å²) in [6.45, 7) is 0.0652. The zero-order chi connectivity index (χ0) is 26.3. The molecule has 0 saturated carbocycles. The second-order valence-corrected chi connectivity index (χ2v) is 8.69. The first-order valence-electron chi connectivity index (χ1n) is 11.8. The average molecular weight is 513 g/mol. The van der Waals surface area contributed by atoms with E-state index in [1.165, 1.54) is 18.2 Å². The van der Waals surface area contributed by atoms with Gasteiger partial charge < -0.3 is 19.9 Å². The normalized spacial score (nSPS) is 17.1.